The fraction of sp³-hybridized carbons (Fsp3) is 0.308. The number of hydrogen-bond donors (Lipinski definition) is 1. The lowest BCUT2D eigenvalue weighted by Crippen LogP contribution is -2.10. The minimum absolute atomic E-state index is 0.243. The van der Waals surface area contributed by atoms with Gasteiger partial charge in [0.1, 0.15) is 0 Å². The van der Waals surface area contributed by atoms with Gasteiger partial charge in [-0.3, -0.25) is 4.79 Å². The standard InChI is InChI=1S/C13H13NO/c14-8-2-3-10-6-7-11-4-1-5-13(15)12(11)9-10/h6-7,9H,1,4-5,8,14H2. The van der Waals surface area contributed by atoms with E-state index in [-0.39, 0.29) is 5.78 Å². The Labute approximate surface area is 89.5 Å². The first kappa shape index (κ1) is 9.95. The second-order valence-corrected chi connectivity index (χ2v) is 3.65. The Morgan fingerprint density at radius 3 is 3.00 bits per heavy atom. The van der Waals surface area contributed by atoms with E-state index in [1.54, 1.807) is 0 Å². The van der Waals surface area contributed by atoms with Crippen LogP contribution < -0.4 is 5.73 Å². The van der Waals surface area contributed by atoms with Crippen molar-refractivity contribution in [1.82, 2.24) is 0 Å². The highest BCUT2D eigenvalue weighted by Gasteiger charge is 2.16. The Bertz CT molecular complexity index is 451. The SMILES string of the molecule is NCC#Cc1ccc2c(c1)C(=O)CCC2. The number of carbonyl (C=O) groups is 1. The molecule has 1 aliphatic rings. The summed E-state index contributed by atoms with van der Waals surface area (Å²) in [7, 11) is 0. The maximum absolute atomic E-state index is 11.6. The topological polar surface area (TPSA) is 43.1 Å². The van der Waals surface area contributed by atoms with Gasteiger partial charge in [-0.2, -0.15) is 0 Å². The van der Waals surface area contributed by atoms with Crippen LogP contribution in [0, 0.1) is 11.8 Å². The van der Waals surface area contributed by atoms with E-state index in [0.29, 0.717) is 13.0 Å². The highest BCUT2D eigenvalue weighted by Crippen LogP contribution is 2.21. The molecule has 2 nitrogen and oxygen atoms in total. The van der Waals surface area contributed by atoms with Crippen molar-refractivity contribution in [2.24, 2.45) is 5.73 Å². The first-order chi connectivity index (χ1) is 7.31. The predicted molar refractivity (Wildman–Crippen MR) is 59.6 cm³/mol. The van der Waals surface area contributed by atoms with Crippen LogP contribution in [-0.2, 0) is 6.42 Å². The third-order valence-electron chi connectivity index (χ3n) is 2.60. The summed E-state index contributed by atoms with van der Waals surface area (Å²) in [5.74, 6) is 5.98. The molecular weight excluding hydrogens is 186 g/mol. The van der Waals surface area contributed by atoms with Gasteiger partial charge in [-0.05, 0) is 30.5 Å². The van der Waals surface area contributed by atoms with Crippen LogP contribution in [0.25, 0.3) is 0 Å². The summed E-state index contributed by atoms with van der Waals surface area (Å²) in [6.07, 6.45) is 2.64. The van der Waals surface area contributed by atoms with E-state index in [1.807, 2.05) is 18.2 Å². The van der Waals surface area contributed by atoms with E-state index in [2.05, 4.69) is 11.8 Å². The van der Waals surface area contributed by atoms with Crippen molar-refractivity contribution in [3.63, 3.8) is 0 Å². The molecule has 0 aromatic heterocycles. The number of benzene rings is 1. The highest BCUT2D eigenvalue weighted by molar-refractivity contribution is 5.98. The van der Waals surface area contributed by atoms with Crippen molar-refractivity contribution in [3.8, 4) is 11.8 Å². The van der Waals surface area contributed by atoms with E-state index in [1.165, 1.54) is 0 Å². The third-order valence-corrected chi connectivity index (χ3v) is 2.60. The van der Waals surface area contributed by atoms with E-state index in [9.17, 15) is 4.79 Å². The maximum Gasteiger partial charge on any atom is 0.163 e. The van der Waals surface area contributed by atoms with Crippen molar-refractivity contribution in [2.45, 2.75) is 19.3 Å². The largest absolute Gasteiger partial charge is 0.320 e. The van der Waals surface area contributed by atoms with E-state index in [0.717, 1.165) is 29.5 Å². The number of Topliss-reactive ketones (excluding diaryl/α,β-unsaturated/α-hetero) is 1. The maximum atomic E-state index is 11.6. The predicted octanol–water partition coefficient (Wildman–Crippen LogP) is 1.52. The zero-order valence-electron chi connectivity index (χ0n) is 8.55. The molecule has 0 saturated heterocycles. The van der Waals surface area contributed by atoms with Crippen molar-refractivity contribution < 1.29 is 4.79 Å². The Hall–Kier alpha value is -1.59. The van der Waals surface area contributed by atoms with Gasteiger partial charge in [0.15, 0.2) is 5.78 Å². The van der Waals surface area contributed by atoms with Crippen LogP contribution in [0.1, 0.15) is 34.3 Å². The van der Waals surface area contributed by atoms with Crippen LogP contribution in [0.2, 0.25) is 0 Å². The summed E-state index contributed by atoms with van der Waals surface area (Å²) < 4.78 is 0. The van der Waals surface area contributed by atoms with Crippen molar-refractivity contribution >= 4 is 5.78 Å². The zero-order valence-corrected chi connectivity index (χ0v) is 8.55. The number of aryl methyl sites for hydroxylation is 1. The number of fused-ring (bicyclic) bond motifs is 1. The first-order valence-corrected chi connectivity index (χ1v) is 5.16. The fourth-order valence-corrected chi connectivity index (χ4v) is 1.86. The molecule has 0 bridgehead atoms. The summed E-state index contributed by atoms with van der Waals surface area (Å²) in [5, 5.41) is 0. The molecule has 2 N–H and O–H groups in total. The first-order valence-electron chi connectivity index (χ1n) is 5.16. The second-order valence-electron chi connectivity index (χ2n) is 3.65. The van der Waals surface area contributed by atoms with E-state index >= 15 is 0 Å². The monoisotopic (exact) mass is 199 g/mol. The lowest BCUT2D eigenvalue weighted by atomic mass is 9.89. The lowest BCUT2D eigenvalue weighted by Gasteiger charge is -2.14. The zero-order chi connectivity index (χ0) is 10.7. The third kappa shape index (κ3) is 2.08. The summed E-state index contributed by atoms with van der Waals surface area (Å²) in [6.45, 7) is 0.352. The molecule has 0 radical (unpaired) electrons. The van der Waals surface area contributed by atoms with Gasteiger partial charge in [0.05, 0.1) is 6.54 Å². The Morgan fingerprint density at radius 1 is 1.33 bits per heavy atom. The van der Waals surface area contributed by atoms with E-state index in [4.69, 9.17) is 5.73 Å². The molecule has 0 unspecified atom stereocenters. The van der Waals surface area contributed by atoms with Gasteiger partial charge in [-0.15, -0.1) is 0 Å². The molecule has 0 heterocycles. The average molecular weight is 199 g/mol. The molecular formula is C13H13NO. The summed E-state index contributed by atoms with van der Waals surface area (Å²) in [5.41, 5.74) is 8.19. The van der Waals surface area contributed by atoms with Crippen molar-refractivity contribution in [2.75, 3.05) is 6.54 Å². The molecule has 0 atom stereocenters. The molecule has 0 fully saturated rings. The number of hydrogen-bond acceptors (Lipinski definition) is 2. The molecule has 0 aliphatic heterocycles. The van der Waals surface area contributed by atoms with Gasteiger partial charge in [0.2, 0.25) is 0 Å². The number of nitrogens with two attached hydrogens (primary N) is 1. The van der Waals surface area contributed by atoms with Gasteiger partial charge in [-0.1, -0.05) is 17.9 Å². The molecule has 1 aromatic rings. The lowest BCUT2D eigenvalue weighted by molar-refractivity contribution is 0.0972. The van der Waals surface area contributed by atoms with Crippen molar-refractivity contribution in [3.05, 3.63) is 34.9 Å². The smallest absolute Gasteiger partial charge is 0.163 e. The Morgan fingerprint density at radius 2 is 2.20 bits per heavy atom. The van der Waals surface area contributed by atoms with Crippen LogP contribution in [-0.4, -0.2) is 12.3 Å². The second kappa shape index (κ2) is 4.29. The molecule has 1 aliphatic carbocycles. The van der Waals surface area contributed by atoms with Gasteiger partial charge < -0.3 is 5.73 Å². The molecule has 0 spiro atoms. The normalized spacial score (nSPS) is 14.1. The average Bonchev–Trinajstić information content (AvgIpc) is 2.27. The van der Waals surface area contributed by atoms with Gasteiger partial charge in [-0.25, -0.2) is 0 Å². The molecule has 2 rings (SSSR count). The minimum atomic E-state index is 0.243. The number of rotatable bonds is 0. The molecule has 2 heteroatoms. The quantitative estimate of drug-likeness (QED) is 0.644. The Kier molecular flexibility index (Phi) is 2.84. The fourth-order valence-electron chi connectivity index (χ4n) is 1.86. The number of ketones is 1. The molecule has 15 heavy (non-hydrogen) atoms. The van der Waals surface area contributed by atoms with Crippen LogP contribution >= 0.6 is 0 Å². The van der Waals surface area contributed by atoms with Gasteiger partial charge in [0.25, 0.3) is 0 Å². The number of carbonyl (C=O) groups excluding carboxylic acids is 1. The van der Waals surface area contributed by atoms with Crippen LogP contribution in [0.3, 0.4) is 0 Å². The molecule has 76 valence electrons. The highest BCUT2D eigenvalue weighted by atomic mass is 16.1. The Balaban J connectivity index is 2.39. The van der Waals surface area contributed by atoms with Crippen LogP contribution in [0.15, 0.2) is 18.2 Å². The van der Waals surface area contributed by atoms with Gasteiger partial charge in [0, 0.05) is 17.5 Å². The minimum Gasteiger partial charge on any atom is -0.320 e. The molecule has 0 saturated carbocycles. The summed E-state index contributed by atoms with van der Waals surface area (Å²) in [6, 6.07) is 5.85. The van der Waals surface area contributed by atoms with Crippen molar-refractivity contribution in [1.29, 1.82) is 0 Å². The van der Waals surface area contributed by atoms with E-state index < -0.39 is 0 Å². The van der Waals surface area contributed by atoms with Crippen LogP contribution in [0.4, 0.5) is 0 Å². The van der Waals surface area contributed by atoms with Crippen LogP contribution in [0.5, 0.6) is 0 Å². The molecule has 0 amide bonds. The molecule has 1 aromatic carbocycles. The van der Waals surface area contributed by atoms with Gasteiger partial charge >= 0.3 is 0 Å². The summed E-state index contributed by atoms with van der Waals surface area (Å²) >= 11 is 0. The summed E-state index contributed by atoms with van der Waals surface area (Å²) in [4.78, 5) is 11.6.